The predicted molar refractivity (Wildman–Crippen MR) is 85.6 cm³/mol. The first-order valence-electron chi connectivity index (χ1n) is 6.33. The molecule has 1 unspecified atom stereocenters. The summed E-state index contributed by atoms with van der Waals surface area (Å²) in [4.78, 5) is 0. The minimum absolute atomic E-state index is 0.408. The van der Waals surface area contributed by atoms with Gasteiger partial charge >= 0.3 is 0 Å². The maximum absolute atomic E-state index is 10.4. The standard InChI is InChI=1S/C16H16BrClO2/c1-16(19,9-10-18)12-3-2-4-15(11-12)20-14-7-5-13(17)6-8-14/h2-8,11,19H,9-10H2,1H3. The molecule has 0 saturated heterocycles. The second kappa shape index (κ2) is 6.61. The lowest BCUT2D eigenvalue weighted by atomic mass is 9.93. The average Bonchev–Trinajstić information content (AvgIpc) is 2.42. The molecule has 0 aliphatic carbocycles. The number of ether oxygens (including phenoxy) is 1. The number of aliphatic hydroxyl groups is 1. The van der Waals surface area contributed by atoms with Crippen molar-refractivity contribution in [3.05, 3.63) is 58.6 Å². The molecule has 1 atom stereocenters. The fourth-order valence-electron chi connectivity index (χ4n) is 1.86. The van der Waals surface area contributed by atoms with Crippen LogP contribution in [0.2, 0.25) is 0 Å². The Morgan fingerprint density at radius 2 is 1.85 bits per heavy atom. The molecule has 0 aliphatic heterocycles. The van der Waals surface area contributed by atoms with Crippen LogP contribution in [-0.2, 0) is 5.60 Å². The molecule has 106 valence electrons. The van der Waals surface area contributed by atoms with Crippen molar-refractivity contribution in [1.29, 1.82) is 0 Å². The van der Waals surface area contributed by atoms with Gasteiger partial charge in [0.15, 0.2) is 0 Å². The zero-order chi connectivity index (χ0) is 14.6. The summed E-state index contributed by atoms with van der Waals surface area (Å²) in [5, 5.41) is 10.4. The van der Waals surface area contributed by atoms with Crippen molar-refractivity contribution in [2.24, 2.45) is 0 Å². The number of benzene rings is 2. The van der Waals surface area contributed by atoms with Crippen LogP contribution in [0.4, 0.5) is 0 Å². The maximum atomic E-state index is 10.4. The van der Waals surface area contributed by atoms with Crippen LogP contribution >= 0.6 is 27.5 Å². The quantitative estimate of drug-likeness (QED) is 0.758. The van der Waals surface area contributed by atoms with Crippen molar-refractivity contribution in [3.63, 3.8) is 0 Å². The topological polar surface area (TPSA) is 29.5 Å². The summed E-state index contributed by atoms with van der Waals surface area (Å²) in [5.74, 6) is 1.85. The van der Waals surface area contributed by atoms with Crippen molar-refractivity contribution in [1.82, 2.24) is 0 Å². The largest absolute Gasteiger partial charge is 0.457 e. The Hall–Kier alpha value is -1.03. The third-order valence-electron chi connectivity index (χ3n) is 3.09. The van der Waals surface area contributed by atoms with Crippen LogP contribution in [-0.4, -0.2) is 11.0 Å². The molecule has 2 aromatic carbocycles. The first-order valence-corrected chi connectivity index (χ1v) is 7.66. The average molecular weight is 356 g/mol. The summed E-state index contributed by atoms with van der Waals surface area (Å²) in [6, 6.07) is 15.1. The Morgan fingerprint density at radius 3 is 2.50 bits per heavy atom. The van der Waals surface area contributed by atoms with Gasteiger partial charge < -0.3 is 9.84 Å². The summed E-state index contributed by atoms with van der Waals surface area (Å²) < 4.78 is 6.79. The second-order valence-electron chi connectivity index (χ2n) is 4.80. The normalized spacial score (nSPS) is 13.8. The van der Waals surface area contributed by atoms with E-state index in [-0.39, 0.29) is 0 Å². The number of hydrogen-bond acceptors (Lipinski definition) is 2. The van der Waals surface area contributed by atoms with Crippen molar-refractivity contribution in [3.8, 4) is 11.5 Å². The summed E-state index contributed by atoms with van der Waals surface area (Å²) >= 11 is 9.11. The zero-order valence-electron chi connectivity index (χ0n) is 11.1. The smallest absolute Gasteiger partial charge is 0.127 e. The van der Waals surface area contributed by atoms with E-state index >= 15 is 0 Å². The van der Waals surface area contributed by atoms with Crippen LogP contribution in [0.25, 0.3) is 0 Å². The van der Waals surface area contributed by atoms with E-state index in [4.69, 9.17) is 16.3 Å². The van der Waals surface area contributed by atoms with Crippen LogP contribution in [0.3, 0.4) is 0 Å². The molecule has 1 N–H and O–H groups in total. The van der Waals surface area contributed by atoms with Crippen LogP contribution < -0.4 is 4.74 Å². The highest BCUT2D eigenvalue weighted by Crippen LogP contribution is 2.30. The van der Waals surface area contributed by atoms with E-state index in [1.165, 1.54) is 0 Å². The lowest BCUT2D eigenvalue weighted by Gasteiger charge is -2.23. The predicted octanol–water partition coefficient (Wildman–Crippen LogP) is 5.08. The Balaban J connectivity index is 2.19. The number of rotatable bonds is 5. The molecule has 0 bridgehead atoms. The Bertz CT molecular complexity index is 567. The number of hydrogen-bond donors (Lipinski definition) is 1. The lowest BCUT2D eigenvalue weighted by molar-refractivity contribution is 0.0538. The highest BCUT2D eigenvalue weighted by atomic mass is 79.9. The molecule has 2 nitrogen and oxygen atoms in total. The van der Waals surface area contributed by atoms with Gasteiger partial charge in [0.25, 0.3) is 0 Å². The molecule has 0 aromatic heterocycles. The van der Waals surface area contributed by atoms with Gasteiger partial charge in [-0.05, 0) is 55.3 Å². The van der Waals surface area contributed by atoms with Crippen LogP contribution in [0.5, 0.6) is 11.5 Å². The molecule has 0 spiro atoms. The van der Waals surface area contributed by atoms with E-state index in [1.807, 2.05) is 48.5 Å². The fraction of sp³-hybridized carbons (Fsp3) is 0.250. The molecule has 0 fully saturated rings. The van der Waals surface area contributed by atoms with Gasteiger partial charge in [0.05, 0.1) is 5.60 Å². The van der Waals surface area contributed by atoms with E-state index in [0.717, 1.165) is 15.8 Å². The first kappa shape index (κ1) is 15.4. The van der Waals surface area contributed by atoms with Crippen molar-refractivity contribution in [2.75, 3.05) is 5.88 Å². The van der Waals surface area contributed by atoms with Crippen molar-refractivity contribution in [2.45, 2.75) is 18.9 Å². The maximum Gasteiger partial charge on any atom is 0.127 e. The Labute approximate surface area is 132 Å². The van der Waals surface area contributed by atoms with Gasteiger partial charge in [0.1, 0.15) is 11.5 Å². The third-order valence-corrected chi connectivity index (χ3v) is 3.80. The summed E-state index contributed by atoms with van der Waals surface area (Å²) in [6.07, 6.45) is 0.496. The minimum atomic E-state index is -0.944. The van der Waals surface area contributed by atoms with Gasteiger partial charge in [-0.1, -0.05) is 28.1 Å². The molecule has 20 heavy (non-hydrogen) atoms. The van der Waals surface area contributed by atoms with Gasteiger partial charge in [-0.15, -0.1) is 11.6 Å². The number of alkyl halides is 1. The summed E-state index contributed by atoms with van der Waals surface area (Å²) in [5.41, 5.74) is -0.145. The van der Waals surface area contributed by atoms with Crippen LogP contribution in [0.1, 0.15) is 18.9 Å². The van der Waals surface area contributed by atoms with Gasteiger partial charge in [0, 0.05) is 10.4 Å². The Morgan fingerprint density at radius 1 is 1.15 bits per heavy atom. The summed E-state index contributed by atoms with van der Waals surface area (Å²) in [6.45, 7) is 1.76. The number of halogens is 2. The highest BCUT2D eigenvalue weighted by molar-refractivity contribution is 9.10. The van der Waals surface area contributed by atoms with Crippen LogP contribution in [0.15, 0.2) is 53.0 Å². The molecule has 0 heterocycles. The third kappa shape index (κ3) is 3.98. The van der Waals surface area contributed by atoms with Gasteiger partial charge in [-0.25, -0.2) is 0 Å². The monoisotopic (exact) mass is 354 g/mol. The van der Waals surface area contributed by atoms with Crippen molar-refractivity contribution < 1.29 is 9.84 Å². The van der Waals surface area contributed by atoms with E-state index in [1.54, 1.807) is 6.92 Å². The zero-order valence-corrected chi connectivity index (χ0v) is 13.5. The van der Waals surface area contributed by atoms with E-state index < -0.39 is 5.60 Å². The molecule has 0 aliphatic rings. The Kier molecular flexibility index (Phi) is 5.08. The van der Waals surface area contributed by atoms with E-state index in [9.17, 15) is 5.11 Å². The molecule has 2 rings (SSSR count). The molecular weight excluding hydrogens is 340 g/mol. The summed E-state index contributed by atoms with van der Waals surface area (Å²) in [7, 11) is 0. The van der Waals surface area contributed by atoms with E-state index in [0.29, 0.717) is 18.1 Å². The lowest BCUT2D eigenvalue weighted by Crippen LogP contribution is -2.21. The van der Waals surface area contributed by atoms with E-state index in [2.05, 4.69) is 15.9 Å². The van der Waals surface area contributed by atoms with Gasteiger partial charge in [0.2, 0.25) is 0 Å². The highest BCUT2D eigenvalue weighted by Gasteiger charge is 2.22. The minimum Gasteiger partial charge on any atom is -0.457 e. The molecule has 0 radical (unpaired) electrons. The molecule has 4 heteroatoms. The fourth-order valence-corrected chi connectivity index (χ4v) is 2.49. The van der Waals surface area contributed by atoms with Gasteiger partial charge in [-0.3, -0.25) is 0 Å². The molecule has 0 saturated carbocycles. The molecule has 2 aromatic rings. The van der Waals surface area contributed by atoms with Gasteiger partial charge in [-0.2, -0.15) is 0 Å². The van der Waals surface area contributed by atoms with Crippen molar-refractivity contribution >= 4 is 27.5 Å². The second-order valence-corrected chi connectivity index (χ2v) is 6.09. The SMILES string of the molecule is CC(O)(CCCl)c1cccc(Oc2ccc(Br)cc2)c1. The molecule has 0 amide bonds. The molecular formula is C16H16BrClO2. The first-order chi connectivity index (χ1) is 9.51. The van der Waals surface area contributed by atoms with Crippen LogP contribution in [0, 0.1) is 0 Å².